The molecule has 0 aliphatic heterocycles. The average molecular weight is 372 g/mol. The molecule has 3 aromatic rings. The summed E-state index contributed by atoms with van der Waals surface area (Å²) in [6.45, 7) is 2.83. The maximum Gasteiger partial charge on any atom is 0.255 e. The summed E-state index contributed by atoms with van der Waals surface area (Å²) in [6.07, 6.45) is 0. The minimum atomic E-state index is -0.207. The molecule has 0 spiro atoms. The number of benzene rings is 3. The van der Waals surface area contributed by atoms with E-state index in [-0.39, 0.29) is 5.91 Å². The Bertz CT molecular complexity index is 991. The van der Waals surface area contributed by atoms with Crippen LogP contribution in [0.1, 0.15) is 28.4 Å². The highest BCUT2D eigenvalue weighted by atomic mass is 16.5. The summed E-state index contributed by atoms with van der Waals surface area (Å²) in [5, 5.41) is 11.8. The molecular weight excluding hydrogens is 352 g/mol. The number of rotatable bonds is 7. The Morgan fingerprint density at radius 2 is 1.75 bits per heavy atom. The van der Waals surface area contributed by atoms with Crippen LogP contribution in [0.3, 0.4) is 0 Å². The predicted molar refractivity (Wildman–Crippen MR) is 107 cm³/mol. The monoisotopic (exact) mass is 372 g/mol. The van der Waals surface area contributed by atoms with Gasteiger partial charge in [-0.25, -0.2) is 0 Å². The number of hydrogen-bond donors (Lipinski definition) is 1. The first kappa shape index (κ1) is 19.0. The summed E-state index contributed by atoms with van der Waals surface area (Å²) in [6, 6.07) is 23.6. The highest BCUT2D eigenvalue weighted by molar-refractivity contribution is 6.04. The SMILES string of the molecule is CCOc1ccc(C(=O)Nc2cccc(OCc3cccc(C#N)c3)c2)cc1. The van der Waals surface area contributed by atoms with Crippen molar-refractivity contribution in [3.63, 3.8) is 0 Å². The zero-order valence-electron chi connectivity index (χ0n) is 15.5. The molecule has 3 rings (SSSR count). The van der Waals surface area contributed by atoms with Gasteiger partial charge in [0.15, 0.2) is 0 Å². The lowest BCUT2D eigenvalue weighted by Crippen LogP contribution is -2.11. The Labute approximate surface area is 164 Å². The van der Waals surface area contributed by atoms with Gasteiger partial charge in [-0.2, -0.15) is 5.26 Å². The van der Waals surface area contributed by atoms with Crippen molar-refractivity contribution in [2.24, 2.45) is 0 Å². The van der Waals surface area contributed by atoms with E-state index >= 15 is 0 Å². The second-order valence-corrected chi connectivity index (χ2v) is 6.04. The summed E-state index contributed by atoms with van der Waals surface area (Å²) >= 11 is 0. The van der Waals surface area contributed by atoms with Crippen LogP contribution in [0.2, 0.25) is 0 Å². The molecule has 0 fully saturated rings. The fourth-order valence-corrected chi connectivity index (χ4v) is 2.63. The van der Waals surface area contributed by atoms with E-state index in [2.05, 4.69) is 11.4 Å². The molecule has 0 saturated heterocycles. The second-order valence-electron chi connectivity index (χ2n) is 6.04. The zero-order valence-corrected chi connectivity index (χ0v) is 15.5. The van der Waals surface area contributed by atoms with Crippen LogP contribution in [0.4, 0.5) is 5.69 Å². The zero-order chi connectivity index (χ0) is 19.8. The van der Waals surface area contributed by atoms with Crippen molar-refractivity contribution in [2.45, 2.75) is 13.5 Å². The second kappa shape index (κ2) is 9.24. The van der Waals surface area contributed by atoms with Gasteiger partial charge in [-0.05, 0) is 61.0 Å². The molecule has 28 heavy (non-hydrogen) atoms. The summed E-state index contributed by atoms with van der Waals surface area (Å²) in [5.41, 5.74) is 2.69. The van der Waals surface area contributed by atoms with Crippen molar-refractivity contribution in [3.8, 4) is 17.6 Å². The molecule has 140 valence electrons. The van der Waals surface area contributed by atoms with Gasteiger partial charge in [-0.3, -0.25) is 4.79 Å². The number of carbonyl (C=O) groups is 1. The van der Waals surface area contributed by atoms with Gasteiger partial charge in [-0.15, -0.1) is 0 Å². The number of ether oxygens (including phenoxy) is 2. The minimum absolute atomic E-state index is 0.207. The van der Waals surface area contributed by atoms with Crippen LogP contribution in [0.15, 0.2) is 72.8 Å². The van der Waals surface area contributed by atoms with Gasteiger partial charge in [-0.1, -0.05) is 18.2 Å². The topological polar surface area (TPSA) is 71.3 Å². The molecule has 0 aliphatic carbocycles. The van der Waals surface area contributed by atoms with E-state index in [9.17, 15) is 4.79 Å². The predicted octanol–water partition coefficient (Wildman–Crippen LogP) is 4.79. The third kappa shape index (κ3) is 5.12. The highest BCUT2D eigenvalue weighted by Gasteiger charge is 2.07. The van der Waals surface area contributed by atoms with Gasteiger partial charge in [0, 0.05) is 17.3 Å². The van der Waals surface area contributed by atoms with E-state index < -0.39 is 0 Å². The lowest BCUT2D eigenvalue weighted by Gasteiger charge is -2.10. The Hall–Kier alpha value is -3.78. The first-order valence-electron chi connectivity index (χ1n) is 8.94. The molecule has 0 heterocycles. The van der Waals surface area contributed by atoms with Crippen LogP contribution < -0.4 is 14.8 Å². The van der Waals surface area contributed by atoms with Crippen LogP contribution in [0.25, 0.3) is 0 Å². The minimum Gasteiger partial charge on any atom is -0.494 e. The fourth-order valence-electron chi connectivity index (χ4n) is 2.63. The third-order valence-electron chi connectivity index (χ3n) is 3.98. The van der Waals surface area contributed by atoms with Gasteiger partial charge in [0.1, 0.15) is 18.1 Å². The normalized spacial score (nSPS) is 10.0. The van der Waals surface area contributed by atoms with Gasteiger partial charge < -0.3 is 14.8 Å². The number of carbonyl (C=O) groups excluding carboxylic acids is 1. The Kier molecular flexibility index (Phi) is 6.27. The van der Waals surface area contributed by atoms with Crippen LogP contribution in [-0.4, -0.2) is 12.5 Å². The lowest BCUT2D eigenvalue weighted by atomic mass is 10.1. The lowest BCUT2D eigenvalue weighted by molar-refractivity contribution is 0.102. The van der Waals surface area contributed by atoms with Gasteiger partial charge in [0.25, 0.3) is 5.91 Å². The molecule has 3 aromatic carbocycles. The number of hydrogen-bond acceptors (Lipinski definition) is 4. The van der Waals surface area contributed by atoms with Gasteiger partial charge in [0.2, 0.25) is 0 Å². The molecule has 5 nitrogen and oxygen atoms in total. The quantitative estimate of drug-likeness (QED) is 0.647. The van der Waals surface area contributed by atoms with Crippen molar-refractivity contribution in [1.29, 1.82) is 5.26 Å². The summed E-state index contributed by atoms with van der Waals surface area (Å²) < 4.78 is 11.2. The molecule has 1 amide bonds. The molecule has 1 N–H and O–H groups in total. The Balaban J connectivity index is 1.62. The number of nitrogens with one attached hydrogen (secondary N) is 1. The first-order chi connectivity index (χ1) is 13.7. The molecule has 0 saturated carbocycles. The molecular formula is C23H20N2O3. The molecule has 0 aromatic heterocycles. The van der Waals surface area contributed by atoms with Crippen molar-refractivity contribution in [3.05, 3.63) is 89.5 Å². The number of nitrogens with zero attached hydrogens (tertiary/aromatic N) is 1. The number of anilines is 1. The first-order valence-corrected chi connectivity index (χ1v) is 8.94. The van der Waals surface area contributed by atoms with Crippen molar-refractivity contribution >= 4 is 11.6 Å². The van der Waals surface area contributed by atoms with Gasteiger partial charge in [0.05, 0.1) is 18.2 Å². The molecule has 5 heteroatoms. The smallest absolute Gasteiger partial charge is 0.255 e. The largest absolute Gasteiger partial charge is 0.494 e. The van der Waals surface area contributed by atoms with Crippen molar-refractivity contribution in [2.75, 3.05) is 11.9 Å². The Morgan fingerprint density at radius 1 is 0.964 bits per heavy atom. The average Bonchev–Trinajstić information content (AvgIpc) is 2.73. The number of amides is 1. The molecule has 0 atom stereocenters. The standard InChI is InChI=1S/C23H20N2O3/c1-2-27-21-11-9-19(10-12-21)23(26)25-20-7-4-8-22(14-20)28-16-18-6-3-5-17(13-18)15-24/h3-14H,2,16H2,1H3,(H,25,26). The summed E-state index contributed by atoms with van der Waals surface area (Å²) in [4.78, 5) is 12.4. The van der Waals surface area contributed by atoms with E-state index in [1.807, 2.05) is 31.2 Å². The van der Waals surface area contributed by atoms with Gasteiger partial charge >= 0.3 is 0 Å². The van der Waals surface area contributed by atoms with E-state index in [0.717, 1.165) is 11.3 Å². The van der Waals surface area contributed by atoms with Crippen molar-refractivity contribution in [1.82, 2.24) is 0 Å². The molecule has 0 aliphatic rings. The maximum atomic E-state index is 12.4. The van der Waals surface area contributed by atoms with Crippen LogP contribution >= 0.6 is 0 Å². The third-order valence-corrected chi connectivity index (χ3v) is 3.98. The van der Waals surface area contributed by atoms with E-state index in [0.29, 0.717) is 35.8 Å². The molecule has 0 unspecified atom stereocenters. The molecule has 0 bridgehead atoms. The maximum absolute atomic E-state index is 12.4. The molecule has 0 radical (unpaired) electrons. The Morgan fingerprint density at radius 3 is 2.50 bits per heavy atom. The summed E-state index contributed by atoms with van der Waals surface area (Å²) in [5.74, 6) is 1.16. The van der Waals surface area contributed by atoms with Crippen molar-refractivity contribution < 1.29 is 14.3 Å². The number of nitriles is 1. The van der Waals surface area contributed by atoms with E-state index in [1.165, 1.54) is 0 Å². The van der Waals surface area contributed by atoms with Crippen LogP contribution in [-0.2, 0) is 6.61 Å². The van der Waals surface area contributed by atoms with E-state index in [1.54, 1.807) is 48.5 Å². The fraction of sp³-hybridized carbons (Fsp3) is 0.130. The highest BCUT2D eigenvalue weighted by Crippen LogP contribution is 2.20. The van der Waals surface area contributed by atoms with Crippen LogP contribution in [0, 0.1) is 11.3 Å². The van der Waals surface area contributed by atoms with E-state index in [4.69, 9.17) is 14.7 Å². The van der Waals surface area contributed by atoms with Crippen LogP contribution in [0.5, 0.6) is 11.5 Å². The summed E-state index contributed by atoms with van der Waals surface area (Å²) in [7, 11) is 0.